The molecule has 3 unspecified atom stereocenters. The molecule has 1 N–H and O–H groups in total. The minimum absolute atomic E-state index is 0.0658. The van der Waals surface area contributed by atoms with Crippen molar-refractivity contribution < 1.29 is 19.0 Å². The van der Waals surface area contributed by atoms with Crippen LogP contribution in [0.25, 0.3) is 0 Å². The van der Waals surface area contributed by atoms with Crippen LogP contribution < -0.4 is 5.32 Å². The fourth-order valence-electron chi connectivity index (χ4n) is 3.67. The molecule has 3 atom stereocenters. The van der Waals surface area contributed by atoms with Crippen molar-refractivity contribution in [2.24, 2.45) is 5.92 Å². The summed E-state index contributed by atoms with van der Waals surface area (Å²) in [6.45, 7) is 3.33. The van der Waals surface area contributed by atoms with Crippen LogP contribution in [-0.2, 0) is 19.0 Å². The second-order valence-corrected chi connectivity index (χ2v) is 6.39. The Hall–Kier alpha value is -1.43. The van der Waals surface area contributed by atoms with Gasteiger partial charge in [-0.05, 0) is 18.9 Å². The highest BCUT2D eigenvalue weighted by atomic mass is 16.7. The summed E-state index contributed by atoms with van der Waals surface area (Å²) in [5.41, 5.74) is 1.21. The molecule has 1 saturated heterocycles. The van der Waals surface area contributed by atoms with Gasteiger partial charge in [0.15, 0.2) is 5.79 Å². The topological polar surface area (TPSA) is 56.8 Å². The number of hydrogen-bond acceptors (Lipinski definition) is 5. The van der Waals surface area contributed by atoms with Crippen molar-refractivity contribution in [2.45, 2.75) is 44.1 Å². The number of ether oxygens (including phenoxy) is 3. The molecule has 1 aromatic rings. The highest BCUT2D eigenvalue weighted by Crippen LogP contribution is 2.40. The maximum absolute atomic E-state index is 12.3. The first-order chi connectivity index (χ1) is 11.1. The predicted octanol–water partition coefficient (Wildman–Crippen LogP) is 2.42. The van der Waals surface area contributed by atoms with E-state index in [0.29, 0.717) is 19.6 Å². The maximum atomic E-state index is 12.3. The molecule has 0 amide bonds. The number of carbonyl (C=O) groups is 1. The van der Waals surface area contributed by atoms with Crippen LogP contribution in [0.1, 0.15) is 37.8 Å². The molecule has 2 aliphatic rings. The quantitative estimate of drug-likeness (QED) is 0.864. The van der Waals surface area contributed by atoms with Crippen molar-refractivity contribution in [3.8, 4) is 0 Å². The first-order valence-corrected chi connectivity index (χ1v) is 8.30. The summed E-state index contributed by atoms with van der Waals surface area (Å²) in [6.07, 6.45) is 2.19. The van der Waals surface area contributed by atoms with E-state index in [-0.39, 0.29) is 24.0 Å². The van der Waals surface area contributed by atoms with E-state index in [1.54, 1.807) is 0 Å². The van der Waals surface area contributed by atoms with Crippen LogP contribution in [0.4, 0.5) is 0 Å². The Balaban J connectivity index is 1.71. The number of nitrogens with one attached hydrogen (secondary N) is 1. The summed E-state index contributed by atoms with van der Waals surface area (Å²) in [4.78, 5) is 12.3. The number of methoxy groups -OCH3 is 1. The summed E-state index contributed by atoms with van der Waals surface area (Å²) in [6, 6.07) is 10.5. The zero-order chi connectivity index (χ0) is 16.3. The van der Waals surface area contributed by atoms with Crippen LogP contribution in [0.3, 0.4) is 0 Å². The van der Waals surface area contributed by atoms with Gasteiger partial charge in [-0.15, -0.1) is 0 Å². The molecule has 0 bridgehead atoms. The van der Waals surface area contributed by atoms with E-state index in [9.17, 15) is 4.79 Å². The van der Waals surface area contributed by atoms with Crippen LogP contribution in [0.15, 0.2) is 30.3 Å². The SMILES string of the molecule is COC(=O)C1CC2(CCC1NC(C)c1ccccc1)OCCO2. The average molecular weight is 319 g/mol. The summed E-state index contributed by atoms with van der Waals surface area (Å²) >= 11 is 0. The summed E-state index contributed by atoms with van der Waals surface area (Å²) in [5.74, 6) is -1.04. The van der Waals surface area contributed by atoms with Gasteiger partial charge in [0, 0.05) is 24.9 Å². The number of carbonyl (C=O) groups excluding carboxylic acids is 1. The molecule has 1 aliphatic heterocycles. The smallest absolute Gasteiger partial charge is 0.310 e. The second kappa shape index (κ2) is 6.99. The third-order valence-electron chi connectivity index (χ3n) is 4.93. The number of esters is 1. The standard InChI is InChI=1S/C18H25NO4/c1-13(14-6-4-3-5-7-14)19-16-8-9-18(22-10-11-23-18)12-15(16)17(20)21-2/h3-7,13,15-16,19H,8-12H2,1-2H3. The molecule has 0 aromatic heterocycles. The highest BCUT2D eigenvalue weighted by Gasteiger charge is 2.48. The molecule has 1 aliphatic carbocycles. The van der Waals surface area contributed by atoms with Crippen LogP contribution >= 0.6 is 0 Å². The molecular formula is C18H25NO4. The Bertz CT molecular complexity index is 527. The van der Waals surface area contributed by atoms with Gasteiger partial charge in [-0.3, -0.25) is 4.79 Å². The fourth-order valence-corrected chi connectivity index (χ4v) is 3.67. The lowest BCUT2D eigenvalue weighted by molar-refractivity contribution is -0.198. The monoisotopic (exact) mass is 319 g/mol. The van der Waals surface area contributed by atoms with Crippen LogP contribution in [0, 0.1) is 5.92 Å². The predicted molar refractivity (Wildman–Crippen MR) is 85.8 cm³/mol. The Kier molecular flexibility index (Phi) is 4.99. The van der Waals surface area contributed by atoms with Crippen molar-refractivity contribution in [1.29, 1.82) is 0 Å². The zero-order valence-electron chi connectivity index (χ0n) is 13.8. The Labute approximate surface area is 137 Å². The van der Waals surface area contributed by atoms with Crippen molar-refractivity contribution >= 4 is 5.97 Å². The molecule has 0 radical (unpaired) electrons. The van der Waals surface area contributed by atoms with Crippen molar-refractivity contribution in [1.82, 2.24) is 5.32 Å². The average Bonchev–Trinajstić information content (AvgIpc) is 3.04. The first kappa shape index (κ1) is 16.4. The molecule has 2 fully saturated rings. The molecule has 1 spiro atoms. The summed E-state index contributed by atoms with van der Waals surface area (Å²) in [5, 5.41) is 3.59. The van der Waals surface area contributed by atoms with E-state index >= 15 is 0 Å². The summed E-state index contributed by atoms with van der Waals surface area (Å²) in [7, 11) is 1.44. The van der Waals surface area contributed by atoms with Gasteiger partial charge in [-0.2, -0.15) is 0 Å². The molecule has 3 rings (SSSR count). The maximum Gasteiger partial charge on any atom is 0.310 e. The van der Waals surface area contributed by atoms with Crippen LogP contribution in [0.5, 0.6) is 0 Å². The minimum atomic E-state index is -0.590. The molecule has 1 saturated carbocycles. The Morgan fingerprint density at radius 3 is 2.65 bits per heavy atom. The molecule has 1 heterocycles. The minimum Gasteiger partial charge on any atom is -0.469 e. The van der Waals surface area contributed by atoms with Gasteiger partial charge < -0.3 is 19.5 Å². The van der Waals surface area contributed by atoms with Gasteiger partial charge in [0.1, 0.15) is 0 Å². The van der Waals surface area contributed by atoms with Crippen LogP contribution in [0.2, 0.25) is 0 Å². The van der Waals surface area contributed by atoms with E-state index in [2.05, 4.69) is 24.4 Å². The lowest BCUT2D eigenvalue weighted by atomic mass is 9.80. The van der Waals surface area contributed by atoms with E-state index in [4.69, 9.17) is 14.2 Å². The third kappa shape index (κ3) is 3.57. The van der Waals surface area contributed by atoms with Crippen molar-refractivity contribution in [3.63, 3.8) is 0 Å². The highest BCUT2D eigenvalue weighted by molar-refractivity contribution is 5.73. The lowest BCUT2D eigenvalue weighted by Gasteiger charge is -2.41. The van der Waals surface area contributed by atoms with Gasteiger partial charge in [-0.25, -0.2) is 0 Å². The number of benzene rings is 1. The van der Waals surface area contributed by atoms with E-state index in [1.165, 1.54) is 12.7 Å². The Morgan fingerprint density at radius 2 is 2.00 bits per heavy atom. The van der Waals surface area contributed by atoms with Gasteiger partial charge in [0.2, 0.25) is 0 Å². The molecule has 5 nitrogen and oxygen atoms in total. The van der Waals surface area contributed by atoms with E-state index in [1.807, 2.05) is 18.2 Å². The molecule has 126 valence electrons. The lowest BCUT2D eigenvalue weighted by Crippen LogP contribution is -2.51. The Morgan fingerprint density at radius 1 is 1.30 bits per heavy atom. The van der Waals surface area contributed by atoms with Gasteiger partial charge in [-0.1, -0.05) is 30.3 Å². The molecular weight excluding hydrogens is 294 g/mol. The molecule has 23 heavy (non-hydrogen) atoms. The number of hydrogen-bond donors (Lipinski definition) is 1. The summed E-state index contributed by atoms with van der Waals surface area (Å²) < 4.78 is 16.6. The van der Waals surface area contributed by atoms with Gasteiger partial charge in [0.05, 0.1) is 26.2 Å². The third-order valence-corrected chi connectivity index (χ3v) is 4.93. The largest absolute Gasteiger partial charge is 0.469 e. The van der Waals surface area contributed by atoms with Crippen molar-refractivity contribution in [2.75, 3.05) is 20.3 Å². The van der Waals surface area contributed by atoms with Crippen LogP contribution in [-0.4, -0.2) is 38.1 Å². The van der Waals surface area contributed by atoms with E-state index < -0.39 is 5.79 Å². The van der Waals surface area contributed by atoms with Gasteiger partial charge >= 0.3 is 5.97 Å². The van der Waals surface area contributed by atoms with Gasteiger partial charge in [0.25, 0.3) is 0 Å². The van der Waals surface area contributed by atoms with E-state index in [0.717, 1.165) is 12.8 Å². The zero-order valence-corrected chi connectivity index (χ0v) is 13.8. The molecule has 1 aromatic carbocycles. The fraction of sp³-hybridized carbons (Fsp3) is 0.611. The van der Waals surface area contributed by atoms with Crippen molar-refractivity contribution in [3.05, 3.63) is 35.9 Å². The molecule has 5 heteroatoms. The normalized spacial score (nSPS) is 27.7. The second-order valence-electron chi connectivity index (χ2n) is 6.39. The first-order valence-electron chi connectivity index (χ1n) is 8.30. The number of rotatable bonds is 4.